The summed E-state index contributed by atoms with van der Waals surface area (Å²) in [5.41, 5.74) is 1.38. The number of alkyl carbamates (subject to hydrolysis) is 1. The van der Waals surface area contributed by atoms with Crippen LogP contribution in [0.1, 0.15) is 24.8 Å². The van der Waals surface area contributed by atoms with Crippen LogP contribution < -0.4 is 10.6 Å². The number of nitrogens with one attached hydrogen (secondary N) is 2. The van der Waals surface area contributed by atoms with Crippen LogP contribution in [-0.2, 0) is 11.3 Å². The number of hydrogen-bond acceptors (Lipinski definition) is 3. The fourth-order valence-electron chi connectivity index (χ4n) is 2.94. The van der Waals surface area contributed by atoms with Gasteiger partial charge in [0.1, 0.15) is 6.61 Å². The van der Waals surface area contributed by atoms with Gasteiger partial charge in [-0.15, -0.1) is 0 Å². The van der Waals surface area contributed by atoms with Crippen molar-refractivity contribution < 1.29 is 9.53 Å². The van der Waals surface area contributed by atoms with E-state index in [-0.39, 0.29) is 6.09 Å². The van der Waals surface area contributed by atoms with E-state index in [0.717, 1.165) is 37.9 Å². The first-order chi connectivity index (χ1) is 9.28. The Morgan fingerprint density at radius 2 is 2.05 bits per heavy atom. The molecule has 1 atom stereocenters. The molecule has 1 aromatic rings. The molecule has 19 heavy (non-hydrogen) atoms. The summed E-state index contributed by atoms with van der Waals surface area (Å²) in [4.78, 5) is 11.7. The van der Waals surface area contributed by atoms with Crippen molar-refractivity contribution in [2.24, 2.45) is 5.41 Å². The second-order valence-corrected chi connectivity index (χ2v) is 5.58. The highest BCUT2D eigenvalue weighted by Gasteiger charge is 2.54. The molecule has 0 radical (unpaired) electrons. The first kappa shape index (κ1) is 12.5. The van der Waals surface area contributed by atoms with Gasteiger partial charge in [-0.2, -0.15) is 0 Å². The van der Waals surface area contributed by atoms with Crippen molar-refractivity contribution >= 4 is 6.09 Å². The number of hydrogen-bond donors (Lipinski definition) is 2. The predicted octanol–water partition coefficient (Wildman–Crippen LogP) is 2.05. The normalized spacial score (nSPS) is 23.9. The maximum Gasteiger partial charge on any atom is 0.407 e. The Morgan fingerprint density at radius 3 is 2.79 bits per heavy atom. The Morgan fingerprint density at radius 1 is 1.32 bits per heavy atom. The summed E-state index contributed by atoms with van der Waals surface area (Å²) in [5.74, 6) is 0. The molecule has 2 aliphatic rings. The lowest BCUT2D eigenvalue weighted by molar-refractivity contribution is 0.136. The molecule has 1 amide bonds. The van der Waals surface area contributed by atoms with Crippen molar-refractivity contribution in [3.8, 4) is 0 Å². The van der Waals surface area contributed by atoms with Gasteiger partial charge in [0, 0.05) is 6.04 Å². The molecule has 1 spiro atoms. The maximum absolute atomic E-state index is 11.7. The third kappa shape index (κ3) is 2.89. The topological polar surface area (TPSA) is 50.4 Å². The Kier molecular flexibility index (Phi) is 3.42. The average Bonchev–Trinajstić information content (AvgIpc) is 3.10. The van der Waals surface area contributed by atoms with Crippen molar-refractivity contribution in [3.63, 3.8) is 0 Å². The van der Waals surface area contributed by atoms with Crippen LogP contribution in [-0.4, -0.2) is 25.2 Å². The number of piperidine rings is 1. The average molecular weight is 260 g/mol. The summed E-state index contributed by atoms with van der Waals surface area (Å²) >= 11 is 0. The summed E-state index contributed by atoms with van der Waals surface area (Å²) in [6.07, 6.45) is 3.15. The van der Waals surface area contributed by atoms with E-state index >= 15 is 0 Å². The minimum atomic E-state index is -0.288. The summed E-state index contributed by atoms with van der Waals surface area (Å²) in [7, 11) is 0. The van der Waals surface area contributed by atoms with Gasteiger partial charge in [0.05, 0.1) is 0 Å². The monoisotopic (exact) mass is 260 g/mol. The Bertz CT molecular complexity index is 441. The standard InChI is InChI=1S/C15H20N2O2/c18-14(19-11-12-4-2-1-3-5-12)17-13-10-15(13)6-8-16-9-7-15/h1-5,13,16H,6-11H2,(H,17,18). The first-order valence-electron chi connectivity index (χ1n) is 6.96. The SMILES string of the molecule is O=C(NC1CC12CCNCC2)OCc1ccccc1. The second-order valence-electron chi connectivity index (χ2n) is 5.58. The van der Waals surface area contributed by atoms with E-state index in [2.05, 4.69) is 10.6 Å². The summed E-state index contributed by atoms with van der Waals surface area (Å²) in [6, 6.07) is 10.1. The van der Waals surface area contributed by atoms with Gasteiger partial charge >= 0.3 is 6.09 Å². The van der Waals surface area contributed by atoms with E-state index in [4.69, 9.17) is 4.74 Å². The van der Waals surface area contributed by atoms with Crippen LogP contribution in [0, 0.1) is 5.41 Å². The summed E-state index contributed by atoms with van der Waals surface area (Å²) in [6.45, 7) is 2.47. The molecule has 1 saturated carbocycles. The third-order valence-electron chi connectivity index (χ3n) is 4.29. The number of carbonyl (C=O) groups excluding carboxylic acids is 1. The van der Waals surface area contributed by atoms with Crippen molar-refractivity contribution in [2.75, 3.05) is 13.1 Å². The molecule has 1 saturated heterocycles. The van der Waals surface area contributed by atoms with Gasteiger partial charge in [-0.3, -0.25) is 0 Å². The van der Waals surface area contributed by atoms with Crippen LogP contribution in [0.15, 0.2) is 30.3 Å². The van der Waals surface area contributed by atoms with Crippen molar-refractivity contribution in [1.82, 2.24) is 10.6 Å². The quantitative estimate of drug-likeness (QED) is 0.874. The van der Waals surface area contributed by atoms with Gasteiger partial charge in [0.2, 0.25) is 0 Å². The molecule has 3 rings (SSSR count). The lowest BCUT2D eigenvalue weighted by atomic mass is 9.94. The Balaban J connectivity index is 1.43. The molecule has 1 unspecified atom stereocenters. The molecule has 4 heteroatoms. The van der Waals surface area contributed by atoms with Gasteiger partial charge in [0.15, 0.2) is 0 Å². The highest BCUT2D eigenvalue weighted by molar-refractivity contribution is 5.68. The largest absolute Gasteiger partial charge is 0.445 e. The van der Waals surface area contributed by atoms with Crippen LogP contribution in [0.25, 0.3) is 0 Å². The molecule has 2 N–H and O–H groups in total. The summed E-state index contributed by atoms with van der Waals surface area (Å²) < 4.78 is 5.25. The Hall–Kier alpha value is -1.55. The van der Waals surface area contributed by atoms with Crippen LogP contribution in [0.3, 0.4) is 0 Å². The maximum atomic E-state index is 11.7. The molecular formula is C15H20N2O2. The zero-order valence-corrected chi connectivity index (χ0v) is 11.0. The van der Waals surface area contributed by atoms with Crippen LogP contribution in [0.5, 0.6) is 0 Å². The van der Waals surface area contributed by atoms with Crippen LogP contribution >= 0.6 is 0 Å². The fraction of sp³-hybridized carbons (Fsp3) is 0.533. The zero-order valence-electron chi connectivity index (χ0n) is 11.0. The highest BCUT2D eigenvalue weighted by atomic mass is 16.5. The van der Waals surface area contributed by atoms with E-state index in [9.17, 15) is 4.79 Å². The molecule has 4 nitrogen and oxygen atoms in total. The van der Waals surface area contributed by atoms with Crippen LogP contribution in [0.4, 0.5) is 4.79 Å². The van der Waals surface area contributed by atoms with E-state index in [1.54, 1.807) is 0 Å². The summed E-state index contributed by atoms with van der Waals surface area (Å²) in [5, 5.41) is 6.35. The van der Waals surface area contributed by atoms with Gasteiger partial charge in [-0.05, 0) is 43.3 Å². The first-order valence-corrected chi connectivity index (χ1v) is 6.96. The molecule has 2 fully saturated rings. The lowest BCUT2D eigenvalue weighted by Gasteiger charge is -2.23. The predicted molar refractivity (Wildman–Crippen MR) is 72.7 cm³/mol. The number of ether oxygens (including phenoxy) is 1. The third-order valence-corrected chi connectivity index (χ3v) is 4.29. The van der Waals surface area contributed by atoms with Crippen molar-refractivity contribution in [2.45, 2.75) is 31.9 Å². The zero-order chi connectivity index (χ0) is 13.1. The second kappa shape index (κ2) is 5.21. The molecule has 102 valence electrons. The van der Waals surface area contributed by atoms with Gasteiger partial charge in [-0.1, -0.05) is 30.3 Å². The molecule has 0 aromatic heterocycles. The molecule has 1 aliphatic heterocycles. The fourth-order valence-corrected chi connectivity index (χ4v) is 2.94. The van der Waals surface area contributed by atoms with E-state index < -0.39 is 0 Å². The molecule has 0 bridgehead atoms. The number of amides is 1. The minimum Gasteiger partial charge on any atom is -0.445 e. The number of rotatable bonds is 3. The lowest BCUT2D eigenvalue weighted by Crippen LogP contribution is -2.36. The van der Waals surface area contributed by atoms with E-state index in [1.165, 1.54) is 0 Å². The highest BCUT2D eigenvalue weighted by Crippen LogP contribution is 2.52. The van der Waals surface area contributed by atoms with Crippen LogP contribution in [0.2, 0.25) is 0 Å². The smallest absolute Gasteiger partial charge is 0.407 e. The van der Waals surface area contributed by atoms with E-state index in [0.29, 0.717) is 18.1 Å². The van der Waals surface area contributed by atoms with Gasteiger partial charge in [-0.25, -0.2) is 4.79 Å². The number of benzene rings is 1. The van der Waals surface area contributed by atoms with Gasteiger partial charge < -0.3 is 15.4 Å². The van der Waals surface area contributed by atoms with Crippen molar-refractivity contribution in [3.05, 3.63) is 35.9 Å². The molecule has 1 aliphatic carbocycles. The number of carbonyl (C=O) groups is 1. The molecule has 1 aromatic carbocycles. The molecular weight excluding hydrogens is 240 g/mol. The minimum absolute atomic E-state index is 0.288. The van der Waals surface area contributed by atoms with E-state index in [1.807, 2.05) is 30.3 Å². The van der Waals surface area contributed by atoms with Crippen molar-refractivity contribution in [1.29, 1.82) is 0 Å². The Labute approximate surface area is 113 Å². The van der Waals surface area contributed by atoms with Gasteiger partial charge in [0.25, 0.3) is 0 Å². The molecule has 1 heterocycles.